The molecule has 1 aliphatic heterocycles. The predicted molar refractivity (Wildman–Crippen MR) is 84.9 cm³/mol. The Kier molecular flexibility index (Phi) is 3.96. The van der Waals surface area contributed by atoms with Gasteiger partial charge in [0, 0.05) is 13.6 Å². The van der Waals surface area contributed by atoms with Crippen molar-refractivity contribution in [1.29, 1.82) is 0 Å². The summed E-state index contributed by atoms with van der Waals surface area (Å²) in [5, 5.41) is -0.841. The molecule has 0 radical (unpaired) electrons. The van der Waals surface area contributed by atoms with Crippen molar-refractivity contribution in [2.24, 2.45) is 0 Å². The molecule has 1 aromatic carbocycles. The van der Waals surface area contributed by atoms with Crippen molar-refractivity contribution in [3.63, 3.8) is 0 Å². The van der Waals surface area contributed by atoms with Gasteiger partial charge >= 0.3 is 0 Å². The van der Waals surface area contributed by atoms with E-state index in [1.54, 1.807) is 18.2 Å². The van der Waals surface area contributed by atoms with E-state index >= 15 is 0 Å². The first-order valence-electron chi connectivity index (χ1n) is 6.65. The third-order valence-electron chi connectivity index (χ3n) is 3.77. The van der Waals surface area contributed by atoms with E-state index < -0.39 is 25.1 Å². The lowest BCUT2D eigenvalue weighted by molar-refractivity contribution is 0.457. The summed E-state index contributed by atoms with van der Waals surface area (Å²) >= 11 is 1.11. The number of hydrogen-bond donors (Lipinski definition) is 0. The number of rotatable bonds is 4. The first kappa shape index (κ1) is 15.8. The fourth-order valence-electron chi connectivity index (χ4n) is 2.52. The van der Waals surface area contributed by atoms with Gasteiger partial charge in [0.2, 0.25) is 10.0 Å². The largest absolute Gasteiger partial charge is 0.229 e. The summed E-state index contributed by atoms with van der Waals surface area (Å²) in [6, 6.07) is 5.41. The number of sulfone groups is 1. The molecule has 22 heavy (non-hydrogen) atoms. The molecule has 1 aliphatic rings. The van der Waals surface area contributed by atoms with Crippen LogP contribution in [0.2, 0.25) is 0 Å². The molecular weight excluding hydrogens is 346 g/mol. The van der Waals surface area contributed by atoms with Gasteiger partial charge in [0.1, 0.15) is 11.0 Å². The maximum absolute atomic E-state index is 12.5. The lowest BCUT2D eigenvalue weighted by Crippen LogP contribution is -2.36. The first-order valence-corrected chi connectivity index (χ1v) is 10.7. The maximum Gasteiger partial charge on any atom is 0.218 e. The molecule has 0 N–H and O–H groups in total. The predicted octanol–water partition coefficient (Wildman–Crippen LogP) is 0.640. The maximum atomic E-state index is 12.5. The molecular formula is C12H15N3O4S3. The molecule has 0 saturated carbocycles. The van der Waals surface area contributed by atoms with Gasteiger partial charge < -0.3 is 0 Å². The van der Waals surface area contributed by atoms with E-state index in [2.05, 4.69) is 8.75 Å². The third kappa shape index (κ3) is 3.00. The summed E-state index contributed by atoms with van der Waals surface area (Å²) in [5.74, 6) is -0.337. The zero-order valence-electron chi connectivity index (χ0n) is 11.8. The summed E-state index contributed by atoms with van der Waals surface area (Å²) < 4.78 is 57.4. The highest BCUT2D eigenvalue weighted by atomic mass is 32.2. The molecule has 1 saturated heterocycles. The number of aromatic nitrogens is 2. The SMILES string of the molecule is CN(Cc1ccc2nsnc2c1)S(=O)(=O)C1CCS(=O)(=O)C1. The Morgan fingerprint density at radius 3 is 2.73 bits per heavy atom. The minimum atomic E-state index is -3.63. The molecule has 0 aliphatic carbocycles. The van der Waals surface area contributed by atoms with Gasteiger partial charge in [-0.25, -0.2) is 21.1 Å². The van der Waals surface area contributed by atoms with Gasteiger partial charge in [0.25, 0.3) is 0 Å². The quantitative estimate of drug-likeness (QED) is 0.793. The van der Waals surface area contributed by atoms with E-state index in [9.17, 15) is 16.8 Å². The molecule has 2 heterocycles. The Hall–Kier alpha value is -1.10. The van der Waals surface area contributed by atoms with E-state index in [1.165, 1.54) is 11.4 Å². The number of nitrogens with zero attached hydrogens (tertiary/aromatic N) is 3. The van der Waals surface area contributed by atoms with Gasteiger partial charge in [0.05, 0.1) is 28.5 Å². The van der Waals surface area contributed by atoms with Crippen LogP contribution in [-0.2, 0) is 26.4 Å². The fourth-order valence-corrected chi connectivity index (χ4v) is 7.30. The highest BCUT2D eigenvalue weighted by Crippen LogP contribution is 2.23. The van der Waals surface area contributed by atoms with Crippen LogP contribution in [0.15, 0.2) is 18.2 Å². The topological polar surface area (TPSA) is 97.3 Å². The second kappa shape index (κ2) is 5.52. The molecule has 1 atom stereocenters. The van der Waals surface area contributed by atoms with Crippen LogP contribution in [0.5, 0.6) is 0 Å². The highest BCUT2D eigenvalue weighted by molar-refractivity contribution is 7.95. The summed E-state index contributed by atoms with van der Waals surface area (Å²) in [6.07, 6.45) is 0.171. The molecule has 1 unspecified atom stereocenters. The Bertz CT molecular complexity index is 905. The van der Waals surface area contributed by atoms with Gasteiger partial charge in [-0.05, 0) is 24.1 Å². The fraction of sp³-hybridized carbons (Fsp3) is 0.500. The van der Waals surface area contributed by atoms with Crippen molar-refractivity contribution < 1.29 is 16.8 Å². The molecule has 10 heteroatoms. The monoisotopic (exact) mass is 361 g/mol. The van der Waals surface area contributed by atoms with Crippen LogP contribution in [0, 0.1) is 0 Å². The van der Waals surface area contributed by atoms with Crippen LogP contribution in [0.4, 0.5) is 0 Å². The standard InChI is InChI=1S/C12H15N3O4S3/c1-15(22(18,19)10-4-5-21(16,17)8-10)7-9-2-3-11-12(6-9)14-20-13-11/h2-3,6,10H,4-5,7-8H2,1H3. The van der Waals surface area contributed by atoms with E-state index in [0.29, 0.717) is 0 Å². The van der Waals surface area contributed by atoms with Gasteiger partial charge in [-0.15, -0.1) is 0 Å². The second-order valence-electron chi connectivity index (χ2n) is 5.41. The van der Waals surface area contributed by atoms with Crippen LogP contribution in [0.1, 0.15) is 12.0 Å². The minimum Gasteiger partial charge on any atom is -0.229 e. The molecule has 7 nitrogen and oxygen atoms in total. The van der Waals surface area contributed by atoms with Crippen molar-refractivity contribution in [2.75, 3.05) is 18.6 Å². The molecule has 3 rings (SSSR count). The minimum absolute atomic E-state index is 0.0544. The van der Waals surface area contributed by atoms with Crippen LogP contribution >= 0.6 is 11.7 Å². The Labute approximate surface area is 133 Å². The van der Waals surface area contributed by atoms with Crippen LogP contribution in [0.25, 0.3) is 11.0 Å². The molecule has 0 bridgehead atoms. The van der Waals surface area contributed by atoms with Crippen LogP contribution in [-0.4, -0.2) is 53.7 Å². The van der Waals surface area contributed by atoms with Gasteiger partial charge in [0.15, 0.2) is 9.84 Å². The zero-order valence-corrected chi connectivity index (χ0v) is 14.3. The molecule has 2 aromatic rings. The number of fused-ring (bicyclic) bond motifs is 1. The Morgan fingerprint density at radius 1 is 1.32 bits per heavy atom. The Balaban J connectivity index is 1.79. The van der Waals surface area contributed by atoms with Gasteiger partial charge in [-0.2, -0.15) is 8.75 Å². The summed E-state index contributed by atoms with van der Waals surface area (Å²) in [7, 11) is -5.38. The van der Waals surface area contributed by atoms with E-state index in [-0.39, 0.29) is 24.5 Å². The normalized spacial score (nSPS) is 21.6. The van der Waals surface area contributed by atoms with E-state index in [1.807, 2.05) is 0 Å². The van der Waals surface area contributed by atoms with Crippen molar-refractivity contribution >= 4 is 42.6 Å². The third-order valence-corrected chi connectivity index (χ3v) is 8.55. The molecule has 0 amide bonds. The van der Waals surface area contributed by atoms with Gasteiger partial charge in [-0.3, -0.25) is 0 Å². The lowest BCUT2D eigenvalue weighted by atomic mass is 10.2. The average Bonchev–Trinajstić information content (AvgIpc) is 3.04. The van der Waals surface area contributed by atoms with Crippen molar-refractivity contribution in [1.82, 2.24) is 13.1 Å². The zero-order chi connectivity index (χ0) is 16.0. The van der Waals surface area contributed by atoms with Crippen molar-refractivity contribution in [3.8, 4) is 0 Å². The van der Waals surface area contributed by atoms with Gasteiger partial charge in [-0.1, -0.05) is 6.07 Å². The van der Waals surface area contributed by atoms with Crippen molar-refractivity contribution in [3.05, 3.63) is 23.8 Å². The number of hydrogen-bond acceptors (Lipinski definition) is 7. The molecule has 0 spiro atoms. The first-order chi connectivity index (χ1) is 10.3. The summed E-state index contributed by atoms with van der Waals surface area (Å²) in [4.78, 5) is 0. The van der Waals surface area contributed by atoms with Crippen LogP contribution < -0.4 is 0 Å². The Morgan fingerprint density at radius 2 is 2.05 bits per heavy atom. The summed E-state index contributed by atoms with van der Waals surface area (Å²) in [5.41, 5.74) is 2.31. The van der Waals surface area contributed by atoms with Crippen LogP contribution in [0.3, 0.4) is 0 Å². The second-order valence-corrected chi connectivity index (χ2v) is 10.5. The number of sulfonamides is 1. The average molecular weight is 361 g/mol. The highest BCUT2D eigenvalue weighted by Gasteiger charge is 2.39. The number of benzene rings is 1. The smallest absolute Gasteiger partial charge is 0.218 e. The molecule has 1 aromatic heterocycles. The lowest BCUT2D eigenvalue weighted by Gasteiger charge is -2.20. The summed E-state index contributed by atoms with van der Waals surface area (Å²) in [6.45, 7) is 0.187. The van der Waals surface area contributed by atoms with E-state index in [0.717, 1.165) is 28.3 Å². The van der Waals surface area contributed by atoms with Crippen molar-refractivity contribution in [2.45, 2.75) is 18.2 Å². The molecule has 1 fully saturated rings. The van der Waals surface area contributed by atoms with E-state index in [4.69, 9.17) is 0 Å². The molecule has 120 valence electrons.